The maximum atomic E-state index is 12.1. The predicted molar refractivity (Wildman–Crippen MR) is 74.7 cm³/mol. The molecular formula is C13H17F3N2OS. The van der Waals surface area contributed by atoms with Crippen molar-refractivity contribution in [1.29, 1.82) is 0 Å². The van der Waals surface area contributed by atoms with Crippen LogP contribution in [-0.2, 0) is 4.79 Å². The van der Waals surface area contributed by atoms with Gasteiger partial charge >= 0.3 is 5.51 Å². The van der Waals surface area contributed by atoms with Crippen LogP contribution in [0.2, 0.25) is 0 Å². The molecule has 0 fully saturated rings. The summed E-state index contributed by atoms with van der Waals surface area (Å²) in [6.45, 7) is 4.15. The van der Waals surface area contributed by atoms with E-state index in [0.29, 0.717) is 5.69 Å². The lowest BCUT2D eigenvalue weighted by Crippen LogP contribution is -2.33. The van der Waals surface area contributed by atoms with Gasteiger partial charge in [-0.05, 0) is 49.4 Å². The fourth-order valence-electron chi connectivity index (χ4n) is 1.36. The molecule has 1 amide bonds. The number of hydrogen-bond acceptors (Lipinski definition) is 3. The summed E-state index contributed by atoms with van der Waals surface area (Å²) in [5, 5.41) is 5.65. The van der Waals surface area contributed by atoms with Gasteiger partial charge in [0.05, 0.1) is 6.54 Å². The fourth-order valence-corrected chi connectivity index (χ4v) is 1.90. The molecule has 1 rings (SSSR count). The lowest BCUT2D eigenvalue weighted by atomic mass is 10.2. The van der Waals surface area contributed by atoms with E-state index in [0.717, 1.165) is 6.42 Å². The van der Waals surface area contributed by atoms with Gasteiger partial charge in [0, 0.05) is 16.6 Å². The second-order valence-corrected chi connectivity index (χ2v) is 5.45. The van der Waals surface area contributed by atoms with Crippen molar-refractivity contribution in [3.8, 4) is 0 Å². The summed E-state index contributed by atoms with van der Waals surface area (Å²) in [5.74, 6) is -0.221. The minimum Gasteiger partial charge on any atom is -0.325 e. The van der Waals surface area contributed by atoms with Crippen LogP contribution in [-0.4, -0.2) is 24.0 Å². The highest BCUT2D eigenvalue weighted by atomic mass is 32.2. The summed E-state index contributed by atoms with van der Waals surface area (Å²) in [5.41, 5.74) is -3.82. The van der Waals surface area contributed by atoms with E-state index in [1.807, 2.05) is 13.8 Å². The number of thioether (sulfide) groups is 1. The zero-order chi connectivity index (χ0) is 15.2. The van der Waals surface area contributed by atoms with Crippen molar-refractivity contribution in [3.63, 3.8) is 0 Å². The van der Waals surface area contributed by atoms with E-state index in [1.165, 1.54) is 24.3 Å². The van der Waals surface area contributed by atoms with Crippen molar-refractivity contribution in [2.75, 3.05) is 11.9 Å². The molecule has 1 aromatic carbocycles. The predicted octanol–water partition coefficient (Wildman–Crippen LogP) is 3.63. The SMILES string of the molecule is CCC(C)NCC(=O)Nc1ccc(SC(F)(F)F)cc1. The Morgan fingerprint density at radius 1 is 1.30 bits per heavy atom. The van der Waals surface area contributed by atoms with Gasteiger partial charge < -0.3 is 10.6 Å². The number of alkyl halides is 3. The molecule has 0 saturated heterocycles. The Hall–Kier alpha value is -1.21. The molecule has 0 saturated carbocycles. The van der Waals surface area contributed by atoms with Gasteiger partial charge in [-0.15, -0.1) is 0 Å². The number of rotatable bonds is 6. The molecule has 112 valence electrons. The molecule has 1 unspecified atom stereocenters. The molecule has 0 bridgehead atoms. The number of nitrogens with one attached hydrogen (secondary N) is 2. The Bertz CT molecular complexity index is 434. The van der Waals surface area contributed by atoms with Crippen LogP contribution in [0.4, 0.5) is 18.9 Å². The average Bonchev–Trinajstić information content (AvgIpc) is 2.36. The van der Waals surface area contributed by atoms with Crippen LogP contribution in [0.1, 0.15) is 20.3 Å². The smallest absolute Gasteiger partial charge is 0.325 e. The first kappa shape index (κ1) is 16.8. The molecule has 0 aliphatic heterocycles. The molecule has 1 atom stereocenters. The van der Waals surface area contributed by atoms with Gasteiger partial charge in [-0.25, -0.2) is 0 Å². The second kappa shape index (κ2) is 7.54. The largest absolute Gasteiger partial charge is 0.446 e. The van der Waals surface area contributed by atoms with Crippen LogP contribution < -0.4 is 10.6 Å². The molecule has 0 radical (unpaired) electrons. The molecule has 0 heterocycles. The van der Waals surface area contributed by atoms with Crippen LogP contribution in [0, 0.1) is 0 Å². The quantitative estimate of drug-likeness (QED) is 0.789. The number of halogens is 3. The lowest BCUT2D eigenvalue weighted by Gasteiger charge is -2.11. The molecule has 7 heteroatoms. The van der Waals surface area contributed by atoms with Crippen LogP contribution in [0.15, 0.2) is 29.2 Å². The summed E-state index contributed by atoms with van der Waals surface area (Å²) < 4.78 is 36.4. The third-order valence-corrected chi connectivity index (χ3v) is 3.33. The zero-order valence-electron chi connectivity index (χ0n) is 11.3. The topological polar surface area (TPSA) is 41.1 Å². The van der Waals surface area contributed by atoms with Gasteiger partial charge in [-0.2, -0.15) is 13.2 Å². The van der Waals surface area contributed by atoms with Crippen LogP contribution >= 0.6 is 11.8 Å². The van der Waals surface area contributed by atoms with E-state index >= 15 is 0 Å². The highest BCUT2D eigenvalue weighted by Crippen LogP contribution is 2.36. The van der Waals surface area contributed by atoms with Crippen molar-refractivity contribution in [1.82, 2.24) is 5.32 Å². The molecule has 0 aliphatic rings. The summed E-state index contributed by atoms with van der Waals surface area (Å²) in [4.78, 5) is 11.7. The fraction of sp³-hybridized carbons (Fsp3) is 0.462. The normalized spacial score (nSPS) is 13.1. The van der Waals surface area contributed by atoms with Crippen LogP contribution in [0.5, 0.6) is 0 Å². The Morgan fingerprint density at radius 3 is 2.40 bits per heavy atom. The maximum absolute atomic E-state index is 12.1. The number of anilines is 1. The maximum Gasteiger partial charge on any atom is 0.446 e. The number of benzene rings is 1. The van der Waals surface area contributed by atoms with Crippen molar-refractivity contribution in [2.24, 2.45) is 0 Å². The van der Waals surface area contributed by atoms with Gasteiger partial charge in [0.25, 0.3) is 0 Å². The van der Waals surface area contributed by atoms with Crippen LogP contribution in [0.25, 0.3) is 0 Å². The van der Waals surface area contributed by atoms with Gasteiger partial charge in [0.15, 0.2) is 0 Å². The molecule has 0 spiro atoms. The first-order valence-electron chi connectivity index (χ1n) is 6.19. The van der Waals surface area contributed by atoms with E-state index in [1.54, 1.807) is 0 Å². The number of carbonyl (C=O) groups is 1. The number of amides is 1. The van der Waals surface area contributed by atoms with E-state index in [-0.39, 0.29) is 35.2 Å². The number of hydrogen-bond donors (Lipinski definition) is 2. The van der Waals surface area contributed by atoms with Crippen molar-refractivity contribution in [2.45, 2.75) is 36.7 Å². The lowest BCUT2D eigenvalue weighted by molar-refractivity contribution is -0.115. The van der Waals surface area contributed by atoms with Crippen molar-refractivity contribution >= 4 is 23.4 Å². The Labute approximate surface area is 120 Å². The minimum atomic E-state index is -4.30. The van der Waals surface area contributed by atoms with Crippen LogP contribution in [0.3, 0.4) is 0 Å². The second-order valence-electron chi connectivity index (χ2n) is 4.31. The molecular weight excluding hydrogens is 289 g/mol. The van der Waals surface area contributed by atoms with Gasteiger partial charge in [-0.3, -0.25) is 4.79 Å². The third-order valence-electron chi connectivity index (χ3n) is 2.60. The highest BCUT2D eigenvalue weighted by molar-refractivity contribution is 8.00. The van der Waals surface area contributed by atoms with E-state index in [4.69, 9.17) is 0 Å². The van der Waals surface area contributed by atoms with E-state index in [2.05, 4.69) is 10.6 Å². The summed E-state index contributed by atoms with van der Waals surface area (Å²) in [6, 6.07) is 5.81. The summed E-state index contributed by atoms with van der Waals surface area (Å²) >= 11 is -0.180. The van der Waals surface area contributed by atoms with Gasteiger partial charge in [-0.1, -0.05) is 6.92 Å². The Balaban J connectivity index is 2.47. The van der Waals surface area contributed by atoms with E-state index < -0.39 is 5.51 Å². The first-order chi connectivity index (χ1) is 9.30. The molecule has 0 aromatic heterocycles. The van der Waals surface area contributed by atoms with Crippen molar-refractivity contribution < 1.29 is 18.0 Å². The molecule has 2 N–H and O–H groups in total. The first-order valence-corrected chi connectivity index (χ1v) is 7.01. The molecule has 1 aromatic rings. The van der Waals surface area contributed by atoms with Gasteiger partial charge in [0.2, 0.25) is 5.91 Å². The average molecular weight is 306 g/mol. The molecule has 0 aliphatic carbocycles. The monoisotopic (exact) mass is 306 g/mol. The van der Waals surface area contributed by atoms with Gasteiger partial charge in [0.1, 0.15) is 0 Å². The Morgan fingerprint density at radius 2 is 1.90 bits per heavy atom. The molecule has 3 nitrogen and oxygen atoms in total. The highest BCUT2D eigenvalue weighted by Gasteiger charge is 2.28. The van der Waals surface area contributed by atoms with E-state index in [9.17, 15) is 18.0 Å². The Kier molecular flexibility index (Phi) is 6.35. The zero-order valence-corrected chi connectivity index (χ0v) is 12.1. The van der Waals surface area contributed by atoms with Crippen molar-refractivity contribution in [3.05, 3.63) is 24.3 Å². The minimum absolute atomic E-state index is 0.0910. The summed E-state index contributed by atoms with van der Waals surface area (Å²) in [6.07, 6.45) is 0.913. The standard InChI is InChI=1S/C13H17F3N2OS/c1-3-9(2)17-8-12(19)18-10-4-6-11(7-5-10)20-13(14,15)16/h4-7,9,17H,3,8H2,1-2H3,(H,18,19). The molecule has 20 heavy (non-hydrogen) atoms. The summed E-state index contributed by atoms with van der Waals surface area (Å²) in [7, 11) is 0. The number of carbonyl (C=O) groups excluding carboxylic acids is 1. The third kappa shape index (κ3) is 6.81.